The van der Waals surface area contributed by atoms with E-state index in [1.807, 2.05) is 48.1 Å². The van der Waals surface area contributed by atoms with Crippen LogP contribution in [0.25, 0.3) is 5.69 Å². The van der Waals surface area contributed by atoms with Crippen molar-refractivity contribution >= 4 is 29.9 Å². The lowest BCUT2D eigenvalue weighted by atomic mass is 10.3. The molecule has 0 saturated carbocycles. The van der Waals surface area contributed by atoms with Gasteiger partial charge in [0.2, 0.25) is 0 Å². The lowest BCUT2D eigenvalue weighted by Crippen LogP contribution is -2.38. The molecular formula is C19H28IN5. The molecule has 1 heterocycles. The van der Waals surface area contributed by atoms with Crippen LogP contribution >= 0.6 is 24.0 Å². The van der Waals surface area contributed by atoms with Crippen LogP contribution in [0.5, 0.6) is 0 Å². The van der Waals surface area contributed by atoms with Crippen molar-refractivity contribution in [2.75, 3.05) is 20.1 Å². The molecule has 0 atom stereocenters. The average molecular weight is 453 g/mol. The summed E-state index contributed by atoms with van der Waals surface area (Å²) in [6.07, 6.45) is 9.13. The zero-order chi connectivity index (χ0) is 17.2. The van der Waals surface area contributed by atoms with Crippen molar-refractivity contribution in [3.8, 4) is 5.69 Å². The summed E-state index contributed by atoms with van der Waals surface area (Å²) in [5.41, 5.74) is 2.22. The standard InChI is InChI=1S/C19H27N5.HI/c1-4-6-10-13-21-19(20-5-2)23(3)15-17-14-22-24(16-17)18-11-8-7-9-12-18;/h4,6-9,11-12,14,16H,5,10,13,15H2,1-3H3,(H,20,21);1H/b6-4+;. The van der Waals surface area contributed by atoms with Crippen LogP contribution in [0, 0.1) is 0 Å². The molecule has 2 aromatic rings. The van der Waals surface area contributed by atoms with Gasteiger partial charge < -0.3 is 10.2 Å². The predicted octanol–water partition coefficient (Wildman–Crippen LogP) is 3.85. The second kappa shape index (κ2) is 11.7. The Kier molecular flexibility index (Phi) is 9.91. The predicted molar refractivity (Wildman–Crippen MR) is 116 cm³/mol. The van der Waals surface area contributed by atoms with Gasteiger partial charge in [-0.05, 0) is 32.4 Å². The molecule has 0 bridgehead atoms. The van der Waals surface area contributed by atoms with E-state index in [1.54, 1.807) is 0 Å². The van der Waals surface area contributed by atoms with Gasteiger partial charge in [0, 0.05) is 38.4 Å². The van der Waals surface area contributed by atoms with E-state index in [1.165, 1.54) is 0 Å². The molecule has 5 nitrogen and oxygen atoms in total. The maximum absolute atomic E-state index is 4.67. The maximum Gasteiger partial charge on any atom is 0.193 e. The highest BCUT2D eigenvalue weighted by molar-refractivity contribution is 14.0. The molecule has 1 N–H and O–H groups in total. The normalized spacial score (nSPS) is 11.4. The van der Waals surface area contributed by atoms with Gasteiger partial charge in [-0.1, -0.05) is 30.4 Å². The fourth-order valence-electron chi connectivity index (χ4n) is 2.39. The number of hydrogen-bond donors (Lipinski definition) is 1. The largest absolute Gasteiger partial charge is 0.357 e. The molecule has 0 radical (unpaired) electrons. The topological polar surface area (TPSA) is 45.5 Å². The summed E-state index contributed by atoms with van der Waals surface area (Å²) in [5, 5.41) is 7.79. The fraction of sp³-hybridized carbons (Fsp3) is 0.368. The third-order valence-electron chi connectivity index (χ3n) is 3.57. The number of rotatable bonds is 7. The number of halogens is 1. The molecule has 6 heteroatoms. The van der Waals surface area contributed by atoms with Crippen LogP contribution in [-0.2, 0) is 6.54 Å². The number of nitrogens with zero attached hydrogens (tertiary/aromatic N) is 4. The Labute approximate surface area is 167 Å². The van der Waals surface area contributed by atoms with E-state index in [2.05, 4.69) is 52.6 Å². The first-order chi connectivity index (χ1) is 11.7. The van der Waals surface area contributed by atoms with Gasteiger partial charge in [-0.2, -0.15) is 5.10 Å². The van der Waals surface area contributed by atoms with Gasteiger partial charge in [0.05, 0.1) is 11.9 Å². The molecule has 25 heavy (non-hydrogen) atoms. The first kappa shape index (κ1) is 21.2. The second-order valence-corrected chi connectivity index (χ2v) is 5.58. The van der Waals surface area contributed by atoms with Gasteiger partial charge >= 0.3 is 0 Å². The number of benzene rings is 1. The molecule has 0 aliphatic rings. The molecule has 0 unspecified atom stereocenters. The number of allylic oxidation sites excluding steroid dienone is 1. The van der Waals surface area contributed by atoms with Crippen LogP contribution in [0.1, 0.15) is 25.8 Å². The first-order valence-electron chi connectivity index (χ1n) is 8.44. The maximum atomic E-state index is 4.67. The monoisotopic (exact) mass is 453 g/mol. The molecule has 1 aromatic carbocycles. The molecule has 1 aromatic heterocycles. The highest BCUT2D eigenvalue weighted by Gasteiger charge is 2.08. The van der Waals surface area contributed by atoms with Crippen LogP contribution in [-0.4, -0.2) is 40.8 Å². The Bertz CT molecular complexity index is 663. The Morgan fingerprint density at radius 2 is 2.08 bits per heavy atom. The third kappa shape index (κ3) is 6.89. The first-order valence-corrected chi connectivity index (χ1v) is 8.44. The van der Waals surface area contributed by atoms with E-state index in [0.29, 0.717) is 0 Å². The SMILES string of the molecule is C/C=C/CCN=C(NCC)N(C)Cc1cnn(-c2ccccc2)c1.I. The van der Waals surface area contributed by atoms with Crippen molar-refractivity contribution < 1.29 is 0 Å². The van der Waals surface area contributed by atoms with Crippen molar-refractivity contribution in [3.05, 3.63) is 60.4 Å². The molecule has 0 amide bonds. The summed E-state index contributed by atoms with van der Waals surface area (Å²) in [5.74, 6) is 0.925. The van der Waals surface area contributed by atoms with Gasteiger partial charge in [-0.15, -0.1) is 24.0 Å². The molecule has 0 fully saturated rings. The van der Waals surface area contributed by atoms with E-state index in [-0.39, 0.29) is 24.0 Å². The van der Waals surface area contributed by atoms with E-state index >= 15 is 0 Å². The molecule has 0 spiro atoms. The van der Waals surface area contributed by atoms with Crippen molar-refractivity contribution in [1.29, 1.82) is 0 Å². The zero-order valence-corrected chi connectivity index (χ0v) is 17.6. The molecule has 2 rings (SSSR count). The summed E-state index contributed by atoms with van der Waals surface area (Å²) < 4.78 is 1.90. The number of para-hydroxylation sites is 1. The minimum Gasteiger partial charge on any atom is -0.357 e. The molecule has 0 aliphatic heterocycles. The summed E-state index contributed by atoms with van der Waals surface area (Å²) >= 11 is 0. The Hall–Kier alpha value is -1.83. The highest BCUT2D eigenvalue weighted by atomic mass is 127. The Morgan fingerprint density at radius 1 is 1.32 bits per heavy atom. The highest BCUT2D eigenvalue weighted by Crippen LogP contribution is 2.09. The van der Waals surface area contributed by atoms with Gasteiger partial charge in [0.15, 0.2) is 5.96 Å². The molecular weight excluding hydrogens is 425 g/mol. The van der Waals surface area contributed by atoms with Gasteiger partial charge in [0.25, 0.3) is 0 Å². The number of aromatic nitrogens is 2. The van der Waals surface area contributed by atoms with Gasteiger partial charge in [0.1, 0.15) is 0 Å². The third-order valence-corrected chi connectivity index (χ3v) is 3.57. The van der Waals surface area contributed by atoms with Gasteiger partial charge in [-0.25, -0.2) is 4.68 Å². The van der Waals surface area contributed by atoms with Crippen molar-refractivity contribution in [1.82, 2.24) is 20.0 Å². The van der Waals surface area contributed by atoms with E-state index in [4.69, 9.17) is 0 Å². The molecule has 136 valence electrons. The zero-order valence-electron chi connectivity index (χ0n) is 15.2. The average Bonchev–Trinajstić information content (AvgIpc) is 3.07. The van der Waals surface area contributed by atoms with Crippen LogP contribution in [0.15, 0.2) is 59.9 Å². The number of hydrogen-bond acceptors (Lipinski definition) is 2. The number of guanidine groups is 1. The van der Waals surface area contributed by atoms with Gasteiger partial charge in [-0.3, -0.25) is 4.99 Å². The summed E-state index contributed by atoms with van der Waals surface area (Å²) in [6.45, 7) is 6.53. The van der Waals surface area contributed by atoms with Crippen LogP contribution in [0.3, 0.4) is 0 Å². The van der Waals surface area contributed by atoms with Crippen molar-refractivity contribution in [2.24, 2.45) is 4.99 Å². The van der Waals surface area contributed by atoms with E-state index in [9.17, 15) is 0 Å². The molecule has 0 saturated heterocycles. The summed E-state index contributed by atoms with van der Waals surface area (Å²) in [7, 11) is 2.05. The van der Waals surface area contributed by atoms with Crippen LogP contribution in [0.2, 0.25) is 0 Å². The van der Waals surface area contributed by atoms with Crippen molar-refractivity contribution in [3.63, 3.8) is 0 Å². The lowest BCUT2D eigenvalue weighted by Gasteiger charge is -2.21. The molecule has 0 aliphatic carbocycles. The van der Waals surface area contributed by atoms with E-state index in [0.717, 1.165) is 43.3 Å². The quantitative estimate of drug-likeness (QED) is 0.228. The second-order valence-electron chi connectivity index (χ2n) is 5.58. The summed E-state index contributed by atoms with van der Waals surface area (Å²) in [4.78, 5) is 6.80. The van der Waals surface area contributed by atoms with Crippen LogP contribution in [0.4, 0.5) is 0 Å². The van der Waals surface area contributed by atoms with Crippen LogP contribution < -0.4 is 5.32 Å². The summed E-state index contributed by atoms with van der Waals surface area (Å²) in [6, 6.07) is 10.1. The minimum absolute atomic E-state index is 0. The number of nitrogens with one attached hydrogen (secondary N) is 1. The fourth-order valence-corrected chi connectivity index (χ4v) is 2.39. The lowest BCUT2D eigenvalue weighted by molar-refractivity contribution is 0.477. The van der Waals surface area contributed by atoms with E-state index < -0.39 is 0 Å². The Morgan fingerprint density at radius 3 is 2.76 bits per heavy atom. The number of aliphatic imine (C=N–C) groups is 1. The minimum atomic E-state index is 0. The Balaban J connectivity index is 0.00000312. The van der Waals surface area contributed by atoms with Crippen molar-refractivity contribution in [2.45, 2.75) is 26.8 Å². The smallest absolute Gasteiger partial charge is 0.193 e.